The van der Waals surface area contributed by atoms with Crippen LogP contribution in [-0.2, 0) is 0 Å². The minimum Gasteiger partial charge on any atom is -0.389 e. The van der Waals surface area contributed by atoms with Crippen molar-refractivity contribution in [2.45, 2.75) is 0 Å². The van der Waals surface area contributed by atoms with Crippen molar-refractivity contribution in [1.29, 1.82) is 0 Å². The number of rotatable bonds is 3. The minimum absolute atomic E-state index is 0.251. The average Bonchev–Trinajstić information content (AvgIpc) is 2.39. The summed E-state index contributed by atoms with van der Waals surface area (Å²) in [5, 5.41) is 2.66. The summed E-state index contributed by atoms with van der Waals surface area (Å²) in [5.41, 5.74) is 6.98. The van der Waals surface area contributed by atoms with E-state index in [1.807, 2.05) is 0 Å². The van der Waals surface area contributed by atoms with Gasteiger partial charge in [-0.3, -0.25) is 4.79 Å². The maximum atomic E-state index is 13.0. The van der Waals surface area contributed by atoms with Crippen LogP contribution in [0.3, 0.4) is 0 Å². The van der Waals surface area contributed by atoms with Gasteiger partial charge in [0.05, 0.1) is 0 Å². The zero-order valence-electron chi connectivity index (χ0n) is 9.89. The van der Waals surface area contributed by atoms with E-state index in [1.165, 1.54) is 24.3 Å². The first-order valence-corrected chi connectivity index (χ1v) is 5.94. The third-order valence-corrected chi connectivity index (χ3v) is 2.73. The molecule has 0 heterocycles. The largest absolute Gasteiger partial charge is 0.389 e. The fourth-order valence-electron chi connectivity index (χ4n) is 1.58. The standard InChI is InChI=1S/C14H11FN2OS/c15-11-5-1-4-10(7-11)14(18)17-12-6-2-3-9(8-12)13(16)19/h1-8H,(H2,16,19)(H,17,18). The normalized spacial score (nSPS) is 9.95. The lowest BCUT2D eigenvalue weighted by atomic mass is 10.1. The second kappa shape index (κ2) is 5.58. The van der Waals surface area contributed by atoms with Crippen molar-refractivity contribution in [3.63, 3.8) is 0 Å². The molecule has 0 bridgehead atoms. The third-order valence-electron chi connectivity index (χ3n) is 2.49. The molecule has 19 heavy (non-hydrogen) atoms. The highest BCUT2D eigenvalue weighted by Crippen LogP contribution is 2.13. The predicted octanol–water partition coefficient (Wildman–Crippen LogP) is 2.71. The molecule has 2 aromatic carbocycles. The summed E-state index contributed by atoms with van der Waals surface area (Å²) in [6, 6.07) is 12.3. The number of nitrogens with one attached hydrogen (secondary N) is 1. The van der Waals surface area contributed by atoms with Crippen LogP contribution < -0.4 is 11.1 Å². The highest BCUT2D eigenvalue weighted by Gasteiger charge is 2.07. The number of hydrogen-bond donors (Lipinski definition) is 2. The Morgan fingerprint density at radius 3 is 2.47 bits per heavy atom. The number of anilines is 1. The lowest BCUT2D eigenvalue weighted by Crippen LogP contribution is -2.14. The van der Waals surface area contributed by atoms with Gasteiger partial charge in [0.1, 0.15) is 10.8 Å². The molecule has 0 aliphatic carbocycles. The Hall–Kier alpha value is -2.27. The number of benzene rings is 2. The Morgan fingerprint density at radius 2 is 1.79 bits per heavy atom. The molecule has 0 spiro atoms. The number of hydrogen-bond acceptors (Lipinski definition) is 2. The topological polar surface area (TPSA) is 55.1 Å². The molecule has 0 fully saturated rings. The molecule has 1 amide bonds. The van der Waals surface area contributed by atoms with Crippen molar-refractivity contribution in [3.05, 3.63) is 65.5 Å². The highest BCUT2D eigenvalue weighted by atomic mass is 32.1. The summed E-state index contributed by atoms with van der Waals surface area (Å²) in [6.07, 6.45) is 0. The molecule has 0 saturated heterocycles. The van der Waals surface area contributed by atoms with Crippen molar-refractivity contribution < 1.29 is 9.18 Å². The van der Waals surface area contributed by atoms with Gasteiger partial charge in [-0.15, -0.1) is 0 Å². The Bertz CT molecular complexity index is 643. The molecule has 3 N–H and O–H groups in total. The third kappa shape index (κ3) is 3.35. The Kier molecular flexibility index (Phi) is 3.87. The van der Waals surface area contributed by atoms with Crippen molar-refractivity contribution in [2.24, 2.45) is 5.73 Å². The maximum Gasteiger partial charge on any atom is 0.255 e. The summed E-state index contributed by atoms with van der Waals surface area (Å²) in [4.78, 5) is 12.2. The smallest absolute Gasteiger partial charge is 0.255 e. The summed E-state index contributed by atoms with van der Waals surface area (Å²) in [6.45, 7) is 0. The monoisotopic (exact) mass is 274 g/mol. The first-order chi connectivity index (χ1) is 9.06. The predicted molar refractivity (Wildman–Crippen MR) is 76.7 cm³/mol. The van der Waals surface area contributed by atoms with Gasteiger partial charge in [-0.05, 0) is 30.3 Å². The van der Waals surface area contributed by atoms with Crippen LogP contribution in [0.1, 0.15) is 15.9 Å². The van der Waals surface area contributed by atoms with Gasteiger partial charge in [0.25, 0.3) is 5.91 Å². The molecule has 2 aromatic rings. The maximum absolute atomic E-state index is 13.0. The van der Waals surface area contributed by atoms with Gasteiger partial charge in [-0.1, -0.05) is 30.4 Å². The van der Waals surface area contributed by atoms with Gasteiger partial charge in [0.2, 0.25) is 0 Å². The van der Waals surface area contributed by atoms with Crippen LogP contribution >= 0.6 is 12.2 Å². The summed E-state index contributed by atoms with van der Waals surface area (Å²) in [5.74, 6) is -0.843. The zero-order valence-corrected chi connectivity index (χ0v) is 10.7. The number of thiocarbonyl (C=S) groups is 1. The molecule has 0 aliphatic rings. The number of carbonyl (C=O) groups excluding carboxylic acids is 1. The van der Waals surface area contributed by atoms with E-state index in [2.05, 4.69) is 5.32 Å². The van der Waals surface area contributed by atoms with Crippen LogP contribution in [-0.4, -0.2) is 10.9 Å². The van der Waals surface area contributed by atoms with Gasteiger partial charge in [-0.2, -0.15) is 0 Å². The van der Waals surface area contributed by atoms with Gasteiger partial charge in [0, 0.05) is 16.8 Å². The van der Waals surface area contributed by atoms with Crippen LogP contribution in [0.15, 0.2) is 48.5 Å². The van der Waals surface area contributed by atoms with Crippen LogP contribution in [0.4, 0.5) is 10.1 Å². The second-order valence-corrected chi connectivity index (χ2v) is 4.35. The fraction of sp³-hybridized carbons (Fsp3) is 0. The molecule has 0 aliphatic heterocycles. The van der Waals surface area contributed by atoms with E-state index in [-0.39, 0.29) is 16.5 Å². The highest BCUT2D eigenvalue weighted by molar-refractivity contribution is 7.80. The van der Waals surface area contributed by atoms with E-state index >= 15 is 0 Å². The molecular weight excluding hydrogens is 263 g/mol. The van der Waals surface area contributed by atoms with E-state index in [4.69, 9.17) is 18.0 Å². The number of nitrogens with two attached hydrogens (primary N) is 1. The molecule has 5 heteroatoms. The molecule has 0 aromatic heterocycles. The van der Waals surface area contributed by atoms with Crippen molar-refractivity contribution in [1.82, 2.24) is 0 Å². The van der Waals surface area contributed by atoms with Crippen molar-refractivity contribution in [3.8, 4) is 0 Å². The Labute approximate surface area is 115 Å². The summed E-state index contributed by atoms with van der Waals surface area (Å²) >= 11 is 4.86. The second-order valence-electron chi connectivity index (χ2n) is 3.91. The number of halogens is 1. The summed E-state index contributed by atoms with van der Waals surface area (Å²) in [7, 11) is 0. The van der Waals surface area contributed by atoms with Crippen LogP contribution in [0.25, 0.3) is 0 Å². The summed E-state index contributed by atoms with van der Waals surface area (Å²) < 4.78 is 13.0. The van der Waals surface area contributed by atoms with Crippen LogP contribution in [0, 0.1) is 5.82 Å². The lowest BCUT2D eigenvalue weighted by molar-refractivity contribution is 0.102. The number of carbonyl (C=O) groups is 1. The van der Waals surface area contributed by atoms with E-state index in [9.17, 15) is 9.18 Å². The molecule has 3 nitrogen and oxygen atoms in total. The van der Waals surface area contributed by atoms with Gasteiger partial charge < -0.3 is 11.1 Å². The lowest BCUT2D eigenvalue weighted by Gasteiger charge is -2.07. The SMILES string of the molecule is NC(=S)c1cccc(NC(=O)c2cccc(F)c2)c1. The molecular formula is C14H11FN2OS. The van der Waals surface area contributed by atoms with E-state index in [0.29, 0.717) is 11.3 Å². The van der Waals surface area contributed by atoms with Gasteiger partial charge in [-0.25, -0.2) is 4.39 Å². The zero-order chi connectivity index (χ0) is 13.8. The molecule has 96 valence electrons. The van der Waals surface area contributed by atoms with E-state index in [1.54, 1.807) is 24.3 Å². The Balaban J connectivity index is 2.19. The van der Waals surface area contributed by atoms with E-state index < -0.39 is 5.82 Å². The molecule has 0 saturated carbocycles. The average molecular weight is 274 g/mol. The quantitative estimate of drug-likeness (QED) is 0.846. The van der Waals surface area contributed by atoms with Gasteiger partial charge >= 0.3 is 0 Å². The minimum atomic E-state index is -0.454. The van der Waals surface area contributed by atoms with Crippen molar-refractivity contribution >= 4 is 28.8 Å². The molecule has 0 atom stereocenters. The van der Waals surface area contributed by atoms with Crippen LogP contribution in [0.2, 0.25) is 0 Å². The first-order valence-electron chi connectivity index (χ1n) is 5.53. The van der Waals surface area contributed by atoms with Gasteiger partial charge in [0.15, 0.2) is 0 Å². The first kappa shape index (κ1) is 13.2. The van der Waals surface area contributed by atoms with Crippen LogP contribution in [0.5, 0.6) is 0 Å². The Morgan fingerprint density at radius 1 is 1.11 bits per heavy atom. The van der Waals surface area contributed by atoms with Crippen molar-refractivity contribution in [2.75, 3.05) is 5.32 Å². The molecule has 2 rings (SSSR count). The number of amides is 1. The molecule has 0 radical (unpaired) electrons. The fourth-order valence-corrected chi connectivity index (χ4v) is 1.71. The molecule has 0 unspecified atom stereocenters. The van der Waals surface area contributed by atoms with E-state index in [0.717, 1.165) is 0 Å².